The molecular formula is C12H21N3O2S. The fourth-order valence-corrected chi connectivity index (χ4v) is 2.54. The third-order valence-electron chi connectivity index (χ3n) is 3.42. The van der Waals surface area contributed by atoms with Crippen molar-refractivity contribution in [2.24, 2.45) is 0 Å². The molecule has 0 saturated heterocycles. The van der Waals surface area contributed by atoms with Crippen molar-refractivity contribution in [2.45, 2.75) is 45.8 Å². The third kappa shape index (κ3) is 3.55. The van der Waals surface area contributed by atoms with Gasteiger partial charge in [0.15, 0.2) is 9.84 Å². The van der Waals surface area contributed by atoms with Gasteiger partial charge < -0.3 is 5.32 Å². The van der Waals surface area contributed by atoms with E-state index in [0.29, 0.717) is 12.6 Å². The number of hydrogen-bond donors (Lipinski definition) is 1. The summed E-state index contributed by atoms with van der Waals surface area (Å²) < 4.78 is 24.7. The minimum Gasteiger partial charge on any atom is -0.310 e. The van der Waals surface area contributed by atoms with Gasteiger partial charge in [-0.05, 0) is 19.8 Å². The van der Waals surface area contributed by atoms with E-state index < -0.39 is 9.84 Å². The largest absolute Gasteiger partial charge is 0.310 e. The van der Waals surface area contributed by atoms with Crippen LogP contribution in [0.1, 0.15) is 31.0 Å². The van der Waals surface area contributed by atoms with Gasteiger partial charge in [0, 0.05) is 29.6 Å². The van der Waals surface area contributed by atoms with Gasteiger partial charge >= 0.3 is 0 Å². The van der Waals surface area contributed by atoms with Crippen molar-refractivity contribution in [1.82, 2.24) is 15.1 Å². The summed E-state index contributed by atoms with van der Waals surface area (Å²) in [6.45, 7) is 4.95. The van der Waals surface area contributed by atoms with Gasteiger partial charge in [-0.2, -0.15) is 5.10 Å². The molecule has 0 unspecified atom stereocenters. The second-order valence-corrected chi connectivity index (χ2v) is 7.34. The second-order valence-electron chi connectivity index (χ2n) is 4.87. The summed E-state index contributed by atoms with van der Waals surface area (Å²) in [5, 5.41) is 7.70. The molecule has 102 valence electrons. The minimum atomic E-state index is -2.92. The first-order valence-corrected chi connectivity index (χ1v) is 8.29. The predicted octanol–water partition coefficient (Wildman–Crippen LogP) is 0.878. The zero-order valence-corrected chi connectivity index (χ0v) is 11.8. The molecule has 1 aliphatic carbocycles. The Balaban J connectivity index is 1.92. The van der Waals surface area contributed by atoms with E-state index in [0.717, 1.165) is 17.8 Å². The van der Waals surface area contributed by atoms with Gasteiger partial charge in [0.25, 0.3) is 0 Å². The van der Waals surface area contributed by atoms with Gasteiger partial charge in [0.1, 0.15) is 0 Å². The Labute approximate surface area is 108 Å². The molecule has 6 heteroatoms. The van der Waals surface area contributed by atoms with Gasteiger partial charge in [0.05, 0.1) is 18.5 Å². The molecule has 1 aliphatic rings. The second kappa shape index (κ2) is 5.40. The van der Waals surface area contributed by atoms with E-state index in [9.17, 15) is 8.42 Å². The number of aryl methyl sites for hydroxylation is 1. The van der Waals surface area contributed by atoms with Crippen molar-refractivity contribution in [3.8, 4) is 0 Å². The monoisotopic (exact) mass is 271 g/mol. The van der Waals surface area contributed by atoms with Gasteiger partial charge in [-0.25, -0.2) is 8.42 Å². The zero-order chi connectivity index (χ0) is 13.2. The molecule has 1 fully saturated rings. The Hall–Kier alpha value is -0.880. The highest BCUT2D eigenvalue weighted by molar-refractivity contribution is 7.91. The van der Waals surface area contributed by atoms with Gasteiger partial charge in [-0.15, -0.1) is 0 Å². The van der Waals surface area contributed by atoms with Crippen LogP contribution in [0.25, 0.3) is 0 Å². The molecule has 1 saturated carbocycles. The van der Waals surface area contributed by atoms with Crippen LogP contribution < -0.4 is 5.32 Å². The van der Waals surface area contributed by atoms with E-state index >= 15 is 0 Å². The van der Waals surface area contributed by atoms with Crippen LogP contribution in [-0.2, 0) is 22.9 Å². The van der Waals surface area contributed by atoms with E-state index in [2.05, 4.69) is 10.4 Å². The lowest BCUT2D eigenvalue weighted by Gasteiger charge is -2.06. The molecule has 2 rings (SSSR count). The summed E-state index contributed by atoms with van der Waals surface area (Å²) >= 11 is 0. The first-order valence-electron chi connectivity index (χ1n) is 6.47. The average molecular weight is 271 g/mol. The minimum absolute atomic E-state index is 0.168. The summed E-state index contributed by atoms with van der Waals surface area (Å²) in [4.78, 5) is 0. The summed E-state index contributed by atoms with van der Waals surface area (Å²) in [5.41, 5.74) is 2.23. The highest BCUT2D eigenvalue weighted by atomic mass is 32.2. The lowest BCUT2D eigenvalue weighted by atomic mass is 10.2. The Bertz CT molecular complexity index is 503. The molecule has 5 nitrogen and oxygen atoms in total. The fraction of sp³-hybridized carbons (Fsp3) is 0.750. The lowest BCUT2D eigenvalue weighted by Crippen LogP contribution is -2.17. The molecule has 18 heavy (non-hydrogen) atoms. The average Bonchev–Trinajstić information content (AvgIpc) is 3.10. The van der Waals surface area contributed by atoms with E-state index in [1.807, 2.05) is 13.1 Å². The van der Waals surface area contributed by atoms with Crippen LogP contribution in [0.3, 0.4) is 0 Å². The standard InChI is InChI=1S/C12H21N3O2S/c1-3-18(16,17)7-6-15-10(2)11(9-14-15)8-13-12-4-5-12/h9,12-13H,3-8H2,1-2H3. The summed E-state index contributed by atoms with van der Waals surface area (Å²) in [6, 6.07) is 0.674. The highest BCUT2D eigenvalue weighted by Crippen LogP contribution is 2.19. The molecule has 0 atom stereocenters. The molecule has 0 amide bonds. The summed E-state index contributed by atoms with van der Waals surface area (Å²) in [6.07, 6.45) is 4.37. The van der Waals surface area contributed by atoms with E-state index in [1.54, 1.807) is 11.6 Å². The Morgan fingerprint density at radius 2 is 2.22 bits per heavy atom. The molecule has 0 aliphatic heterocycles. The molecule has 0 radical (unpaired) electrons. The van der Waals surface area contributed by atoms with Crippen molar-refractivity contribution in [3.63, 3.8) is 0 Å². The fourth-order valence-electron chi connectivity index (χ4n) is 1.80. The van der Waals surface area contributed by atoms with Crippen molar-refractivity contribution >= 4 is 9.84 Å². The maximum absolute atomic E-state index is 11.5. The quantitative estimate of drug-likeness (QED) is 0.799. The highest BCUT2D eigenvalue weighted by Gasteiger charge is 2.20. The molecular weight excluding hydrogens is 250 g/mol. The van der Waals surface area contributed by atoms with E-state index in [4.69, 9.17) is 0 Å². The Morgan fingerprint density at radius 1 is 1.50 bits per heavy atom. The molecule has 1 aromatic rings. The zero-order valence-electron chi connectivity index (χ0n) is 11.0. The molecule has 0 aromatic carbocycles. The van der Waals surface area contributed by atoms with Crippen LogP contribution in [0.4, 0.5) is 0 Å². The number of sulfone groups is 1. The smallest absolute Gasteiger partial charge is 0.151 e. The topological polar surface area (TPSA) is 64.0 Å². The number of nitrogens with one attached hydrogen (secondary N) is 1. The summed E-state index contributed by atoms with van der Waals surface area (Å²) in [7, 11) is -2.92. The predicted molar refractivity (Wildman–Crippen MR) is 71.2 cm³/mol. The maximum atomic E-state index is 11.5. The third-order valence-corrected chi connectivity index (χ3v) is 5.10. The molecule has 0 bridgehead atoms. The van der Waals surface area contributed by atoms with Crippen molar-refractivity contribution in [1.29, 1.82) is 0 Å². The van der Waals surface area contributed by atoms with Crippen molar-refractivity contribution < 1.29 is 8.42 Å². The molecule has 1 aromatic heterocycles. The maximum Gasteiger partial charge on any atom is 0.151 e. The van der Waals surface area contributed by atoms with Crippen molar-refractivity contribution in [3.05, 3.63) is 17.5 Å². The molecule has 1 N–H and O–H groups in total. The Kier molecular flexibility index (Phi) is 4.07. The van der Waals surface area contributed by atoms with Gasteiger partial charge in [-0.1, -0.05) is 6.92 Å². The number of aromatic nitrogens is 2. The van der Waals surface area contributed by atoms with Crippen LogP contribution in [-0.4, -0.2) is 35.7 Å². The molecule has 1 heterocycles. The first-order chi connectivity index (χ1) is 8.52. The number of rotatable bonds is 7. The van der Waals surface area contributed by atoms with Crippen molar-refractivity contribution in [2.75, 3.05) is 11.5 Å². The normalized spacial score (nSPS) is 16.1. The van der Waals surface area contributed by atoms with Crippen LogP contribution in [0.2, 0.25) is 0 Å². The number of hydrogen-bond acceptors (Lipinski definition) is 4. The summed E-state index contributed by atoms with van der Waals surface area (Å²) in [5.74, 6) is 0.366. The van der Waals surface area contributed by atoms with Gasteiger partial charge in [-0.3, -0.25) is 4.68 Å². The van der Waals surface area contributed by atoms with Crippen LogP contribution in [0.5, 0.6) is 0 Å². The van der Waals surface area contributed by atoms with E-state index in [1.165, 1.54) is 12.8 Å². The van der Waals surface area contributed by atoms with Crippen LogP contribution >= 0.6 is 0 Å². The lowest BCUT2D eigenvalue weighted by molar-refractivity contribution is 0.577. The van der Waals surface area contributed by atoms with Crippen LogP contribution in [0, 0.1) is 6.92 Å². The Morgan fingerprint density at radius 3 is 2.83 bits per heavy atom. The van der Waals surface area contributed by atoms with E-state index in [-0.39, 0.29) is 11.5 Å². The van der Waals surface area contributed by atoms with Crippen LogP contribution in [0.15, 0.2) is 6.20 Å². The van der Waals surface area contributed by atoms with Gasteiger partial charge in [0.2, 0.25) is 0 Å². The molecule has 0 spiro atoms. The number of nitrogens with zero attached hydrogens (tertiary/aromatic N) is 2. The SMILES string of the molecule is CCS(=O)(=O)CCn1ncc(CNC2CC2)c1C. The first kappa shape index (κ1) is 13.5.